The smallest absolute Gasteiger partial charge is 0.326 e. The number of aliphatic carboxylic acids is 1. The minimum Gasteiger partial charge on any atom is -0.480 e. The number of carbonyl (C=O) groups is 2. The maximum Gasteiger partial charge on any atom is 0.326 e. The highest BCUT2D eigenvalue weighted by Crippen LogP contribution is 2.11. The summed E-state index contributed by atoms with van der Waals surface area (Å²) in [5.74, 6) is -2.03. The fraction of sp³-hybridized carbons (Fsp3) is 0.429. The molecule has 0 aliphatic rings. The number of amides is 1. The van der Waals surface area contributed by atoms with Crippen molar-refractivity contribution in [1.82, 2.24) is 5.32 Å². The third-order valence-corrected chi connectivity index (χ3v) is 4.64. The first-order valence-corrected chi connectivity index (χ1v) is 8.32. The molecule has 0 heterocycles. The van der Waals surface area contributed by atoms with Gasteiger partial charge in [-0.25, -0.2) is 13.2 Å². The van der Waals surface area contributed by atoms with Gasteiger partial charge in [-0.05, 0) is 18.6 Å². The van der Waals surface area contributed by atoms with Gasteiger partial charge >= 0.3 is 5.97 Å². The zero-order chi connectivity index (χ0) is 15.9. The fourth-order valence-electron chi connectivity index (χ4n) is 1.79. The van der Waals surface area contributed by atoms with Crippen molar-refractivity contribution in [2.45, 2.75) is 37.1 Å². The monoisotopic (exact) mass is 313 g/mol. The minimum atomic E-state index is -3.53. The van der Waals surface area contributed by atoms with E-state index >= 15 is 0 Å². The highest BCUT2D eigenvalue weighted by Gasteiger charge is 2.21. The van der Waals surface area contributed by atoms with E-state index in [1.165, 1.54) is 12.1 Å². The topological polar surface area (TPSA) is 101 Å². The molecule has 0 radical (unpaired) electrons. The molecule has 2 N–H and O–H groups in total. The van der Waals surface area contributed by atoms with E-state index in [2.05, 4.69) is 5.32 Å². The Morgan fingerprint density at radius 3 is 2.38 bits per heavy atom. The van der Waals surface area contributed by atoms with Gasteiger partial charge in [0.05, 0.1) is 10.6 Å². The van der Waals surface area contributed by atoms with Gasteiger partial charge in [0.1, 0.15) is 6.04 Å². The second-order valence-corrected chi connectivity index (χ2v) is 6.74. The lowest BCUT2D eigenvalue weighted by molar-refractivity contribution is -0.142. The van der Waals surface area contributed by atoms with Crippen molar-refractivity contribution in [2.24, 2.45) is 0 Å². The lowest BCUT2D eigenvalue weighted by Gasteiger charge is -2.13. The Morgan fingerprint density at radius 2 is 1.86 bits per heavy atom. The fourth-order valence-corrected chi connectivity index (χ4v) is 3.05. The third-order valence-electron chi connectivity index (χ3n) is 2.91. The predicted octanol–water partition coefficient (Wildman–Crippen LogP) is 1.22. The van der Waals surface area contributed by atoms with Gasteiger partial charge in [-0.15, -0.1) is 0 Å². The summed E-state index contributed by atoms with van der Waals surface area (Å²) in [5, 5.41) is 11.3. The molecule has 116 valence electrons. The predicted molar refractivity (Wildman–Crippen MR) is 77.6 cm³/mol. The van der Waals surface area contributed by atoms with Crippen molar-refractivity contribution < 1.29 is 23.1 Å². The van der Waals surface area contributed by atoms with Crippen LogP contribution in [-0.4, -0.2) is 37.2 Å². The standard InChI is InChI=1S/C14H19NO5S/c1-2-6-12(14(17)18)15-13(16)9-10-21(19,20)11-7-4-3-5-8-11/h3-5,7-8,12H,2,6,9-10H2,1H3,(H,15,16)(H,17,18)/t12-/m0/s1. The SMILES string of the molecule is CCC[C@H](NC(=O)CCS(=O)(=O)c1ccccc1)C(=O)O. The molecule has 1 amide bonds. The summed E-state index contributed by atoms with van der Waals surface area (Å²) >= 11 is 0. The molecule has 1 rings (SSSR count). The van der Waals surface area contributed by atoms with Crippen molar-refractivity contribution in [3.63, 3.8) is 0 Å². The number of hydrogen-bond acceptors (Lipinski definition) is 4. The van der Waals surface area contributed by atoms with E-state index in [4.69, 9.17) is 5.11 Å². The molecule has 7 heteroatoms. The lowest BCUT2D eigenvalue weighted by Crippen LogP contribution is -2.41. The summed E-state index contributed by atoms with van der Waals surface area (Å²) < 4.78 is 24.0. The molecule has 0 bridgehead atoms. The molecule has 1 aromatic carbocycles. The second-order valence-electron chi connectivity index (χ2n) is 4.63. The number of carboxylic acid groups (broad SMARTS) is 1. The van der Waals surface area contributed by atoms with Crippen LogP contribution < -0.4 is 5.32 Å². The summed E-state index contributed by atoms with van der Waals surface area (Å²) in [6.07, 6.45) is 0.663. The third kappa shape index (κ3) is 5.55. The van der Waals surface area contributed by atoms with Crippen molar-refractivity contribution in [3.05, 3.63) is 30.3 Å². The molecule has 6 nitrogen and oxygen atoms in total. The molecule has 0 saturated heterocycles. The van der Waals surface area contributed by atoms with Gasteiger partial charge in [0, 0.05) is 6.42 Å². The highest BCUT2D eigenvalue weighted by molar-refractivity contribution is 7.91. The van der Waals surface area contributed by atoms with Crippen LogP contribution in [0.2, 0.25) is 0 Å². The van der Waals surface area contributed by atoms with Crippen LogP contribution >= 0.6 is 0 Å². The minimum absolute atomic E-state index is 0.154. The molecule has 0 aliphatic heterocycles. The summed E-state index contributed by atoms with van der Waals surface area (Å²) in [7, 11) is -3.53. The average molecular weight is 313 g/mol. The Hall–Kier alpha value is -1.89. The molecule has 0 unspecified atom stereocenters. The van der Waals surface area contributed by atoms with Crippen LogP contribution in [0.5, 0.6) is 0 Å². The van der Waals surface area contributed by atoms with Crippen LogP contribution in [0, 0.1) is 0 Å². The molecule has 21 heavy (non-hydrogen) atoms. The molecule has 1 atom stereocenters. The molecule has 0 spiro atoms. The van der Waals surface area contributed by atoms with Crippen molar-refractivity contribution in [1.29, 1.82) is 0 Å². The van der Waals surface area contributed by atoms with Gasteiger partial charge in [0.15, 0.2) is 9.84 Å². The lowest BCUT2D eigenvalue weighted by atomic mass is 10.1. The van der Waals surface area contributed by atoms with E-state index in [1.54, 1.807) is 18.2 Å². The summed E-state index contributed by atoms with van der Waals surface area (Å²) in [4.78, 5) is 22.7. The number of nitrogens with one attached hydrogen (secondary N) is 1. The van der Waals surface area contributed by atoms with E-state index in [-0.39, 0.29) is 17.1 Å². The van der Waals surface area contributed by atoms with Gasteiger partial charge in [-0.3, -0.25) is 4.79 Å². The van der Waals surface area contributed by atoms with Crippen LogP contribution in [0.1, 0.15) is 26.2 Å². The Balaban J connectivity index is 2.58. The van der Waals surface area contributed by atoms with Crippen molar-refractivity contribution in [2.75, 3.05) is 5.75 Å². The normalized spacial score (nSPS) is 12.6. The Labute approximate surface area is 124 Å². The number of sulfone groups is 1. The number of rotatable bonds is 8. The van der Waals surface area contributed by atoms with Gasteiger partial charge in [0.25, 0.3) is 0 Å². The van der Waals surface area contributed by atoms with Crippen LogP contribution in [0.15, 0.2) is 35.2 Å². The van der Waals surface area contributed by atoms with Gasteiger partial charge in [-0.1, -0.05) is 31.5 Å². The quantitative estimate of drug-likeness (QED) is 0.751. The highest BCUT2D eigenvalue weighted by atomic mass is 32.2. The van der Waals surface area contributed by atoms with E-state index in [9.17, 15) is 18.0 Å². The first kappa shape index (κ1) is 17.2. The summed E-state index contributed by atoms with van der Waals surface area (Å²) in [5.41, 5.74) is 0. The van der Waals surface area contributed by atoms with Crippen LogP contribution in [0.25, 0.3) is 0 Å². The summed E-state index contributed by atoms with van der Waals surface area (Å²) in [6.45, 7) is 1.81. The second kappa shape index (κ2) is 7.78. The summed E-state index contributed by atoms with van der Waals surface area (Å²) in [6, 6.07) is 6.87. The molecule has 0 aromatic heterocycles. The maximum atomic E-state index is 12.0. The molecule has 0 saturated carbocycles. The Bertz CT molecular complexity index is 583. The number of carboxylic acids is 1. The van der Waals surface area contributed by atoms with E-state index in [1.807, 2.05) is 6.92 Å². The van der Waals surface area contributed by atoms with E-state index in [0.717, 1.165) is 0 Å². The molecular formula is C14H19NO5S. The number of hydrogen-bond donors (Lipinski definition) is 2. The number of benzene rings is 1. The van der Waals surface area contributed by atoms with Gasteiger partial charge < -0.3 is 10.4 Å². The Kier molecular flexibility index (Phi) is 6.36. The van der Waals surface area contributed by atoms with E-state index < -0.39 is 27.8 Å². The first-order valence-electron chi connectivity index (χ1n) is 6.66. The molecule has 1 aromatic rings. The average Bonchev–Trinajstić information content (AvgIpc) is 2.45. The van der Waals surface area contributed by atoms with Crippen LogP contribution in [-0.2, 0) is 19.4 Å². The number of carbonyl (C=O) groups excluding carboxylic acids is 1. The first-order chi connectivity index (χ1) is 9.86. The van der Waals surface area contributed by atoms with Crippen molar-refractivity contribution >= 4 is 21.7 Å². The maximum absolute atomic E-state index is 12.0. The molecule has 0 aliphatic carbocycles. The molecule has 0 fully saturated rings. The largest absolute Gasteiger partial charge is 0.480 e. The van der Waals surface area contributed by atoms with Crippen LogP contribution in [0.4, 0.5) is 0 Å². The molecular weight excluding hydrogens is 294 g/mol. The van der Waals surface area contributed by atoms with Gasteiger partial charge in [-0.2, -0.15) is 0 Å². The van der Waals surface area contributed by atoms with Gasteiger partial charge in [0.2, 0.25) is 5.91 Å². The zero-order valence-electron chi connectivity index (χ0n) is 11.8. The van der Waals surface area contributed by atoms with E-state index in [0.29, 0.717) is 12.8 Å². The zero-order valence-corrected chi connectivity index (χ0v) is 12.6. The van der Waals surface area contributed by atoms with Crippen LogP contribution in [0.3, 0.4) is 0 Å². The van der Waals surface area contributed by atoms with Crippen molar-refractivity contribution in [3.8, 4) is 0 Å². The Morgan fingerprint density at radius 1 is 1.24 bits per heavy atom.